The molecule has 0 N–H and O–H groups in total. The van der Waals surface area contributed by atoms with E-state index >= 15 is 0 Å². The van der Waals surface area contributed by atoms with Crippen LogP contribution >= 0.6 is 11.8 Å². The first-order valence-electron chi connectivity index (χ1n) is 3.48. The van der Waals surface area contributed by atoms with Crippen LogP contribution in [0.4, 0.5) is 0 Å². The minimum absolute atomic E-state index is 0.859. The Hall–Kier alpha value is -1.14. The Balaban J connectivity index is 2.95. The van der Waals surface area contributed by atoms with Gasteiger partial charge in [0.2, 0.25) is 0 Å². The van der Waals surface area contributed by atoms with Crippen molar-refractivity contribution in [1.82, 2.24) is 0 Å². The lowest BCUT2D eigenvalue weighted by Crippen LogP contribution is -1.86. The molecule has 0 fully saturated rings. The highest BCUT2D eigenvalue weighted by molar-refractivity contribution is 8.03. The average molecular weight is 179 g/mol. The molecule has 0 aliphatic carbocycles. The van der Waals surface area contributed by atoms with E-state index in [4.69, 9.17) is 10.00 Å². The smallest absolute Gasteiger partial charge is 0.138 e. The zero-order valence-corrected chi connectivity index (χ0v) is 7.81. The molecule has 2 nitrogen and oxygen atoms in total. The Morgan fingerprint density at radius 3 is 2.75 bits per heavy atom. The topological polar surface area (TPSA) is 33.0 Å². The number of thiocyanates is 1. The van der Waals surface area contributed by atoms with E-state index in [0.717, 1.165) is 28.0 Å². The second-order valence-electron chi connectivity index (χ2n) is 2.32. The molecule has 0 aliphatic rings. The first-order valence-corrected chi connectivity index (χ1v) is 4.30. The summed E-state index contributed by atoms with van der Waals surface area (Å²) >= 11 is 1.16. The third kappa shape index (κ3) is 1.93. The summed E-state index contributed by atoms with van der Waals surface area (Å²) in [5, 5.41) is 10.4. The summed E-state index contributed by atoms with van der Waals surface area (Å²) in [6.45, 7) is 1.96. The molecule has 62 valence electrons. The normalized spacial score (nSPS) is 9.08. The van der Waals surface area contributed by atoms with Gasteiger partial charge in [-0.2, -0.15) is 5.26 Å². The second kappa shape index (κ2) is 4.03. The molecule has 1 aromatic carbocycles. The highest BCUT2D eigenvalue weighted by Gasteiger charge is 1.99. The maximum Gasteiger partial charge on any atom is 0.138 e. The average Bonchev–Trinajstić information content (AvgIpc) is 2.05. The number of nitrogens with zero attached hydrogens (tertiary/aromatic N) is 1. The predicted molar refractivity (Wildman–Crippen MR) is 49.2 cm³/mol. The molecule has 0 saturated carbocycles. The molecule has 0 amide bonds. The van der Waals surface area contributed by atoms with E-state index in [1.807, 2.05) is 30.5 Å². The second-order valence-corrected chi connectivity index (χ2v) is 3.18. The van der Waals surface area contributed by atoms with E-state index in [0.29, 0.717) is 0 Å². The fraction of sp³-hybridized carbons (Fsp3) is 0.222. The van der Waals surface area contributed by atoms with E-state index in [-0.39, 0.29) is 0 Å². The summed E-state index contributed by atoms with van der Waals surface area (Å²) in [5.41, 5.74) is 1.05. The van der Waals surface area contributed by atoms with E-state index in [1.165, 1.54) is 0 Å². The number of aryl methyl sites for hydroxylation is 1. The highest BCUT2D eigenvalue weighted by atomic mass is 32.2. The molecule has 3 heteroatoms. The lowest BCUT2D eigenvalue weighted by Gasteiger charge is -2.04. The molecule has 0 bridgehead atoms. The molecule has 0 saturated heterocycles. The summed E-state index contributed by atoms with van der Waals surface area (Å²) in [6.07, 6.45) is 0. The SMILES string of the molecule is COc1ccc(SC#N)cc1C. The van der Waals surface area contributed by atoms with Crippen molar-refractivity contribution >= 4 is 11.8 Å². The number of methoxy groups -OCH3 is 1. The lowest BCUT2D eigenvalue weighted by molar-refractivity contribution is 0.411. The van der Waals surface area contributed by atoms with Crippen molar-refractivity contribution in [2.75, 3.05) is 7.11 Å². The Bertz CT molecular complexity index is 317. The summed E-state index contributed by atoms with van der Waals surface area (Å²) < 4.78 is 5.09. The number of ether oxygens (including phenoxy) is 1. The van der Waals surface area contributed by atoms with Crippen molar-refractivity contribution in [3.05, 3.63) is 23.8 Å². The molecule has 1 rings (SSSR count). The molecule has 0 atom stereocenters. The van der Waals surface area contributed by atoms with Crippen LogP contribution in [0.3, 0.4) is 0 Å². The fourth-order valence-corrected chi connectivity index (χ4v) is 1.44. The van der Waals surface area contributed by atoms with Gasteiger partial charge in [0.1, 0.15) is 11.2 Å². The van der Waals surface area contributed by atoms with Gasteiger partial charge in [-0.1, -0.05) is 0 Å². The van der Waals surface area contributed by atoms with Gasteiger partial charge in [0, 0.05) is 4.90 Å². The molecular weight excluding hydrogens is 170 g/mol. The number of rotatable bonds is 2. The number of hydrogen-bond acceptors (Lipinski definition) is 3. The molecule has 0 radical (unpaired) electrons. The summed E-state index contributed by atoms with van der Waals surface area (Å²) in [7, 11) is 1.64. The predicted octanol–water partition coefficient (Wildman–Crippen LogP) is 2.58. The summed E-state index contributed by atoms with van der Waals surface area (Å²) in [4.78, 5) is 0.954. The summed E-state index contributed by atoms with van der Waals surface area (Å²) in [6, 6.07) is 5.68. The van der Waals surface area contributed by atoms with Crippen molar-refractivity contribution in [2.45, 2.75) is 11.8 Å². The molecule has 0 heterocycles. The van der Waals surface area contributed by atoms with Gasteiger partial charge in [0.25, 0.3) is 0 Å². The van der Waals surface area contributed by atoms with Gasteiger partial charge in [-0.3, -0.25) is 0 Å². The summed E-state index contributed by atoms with van der Waals surface area (Å²) in [5.74, 6) is 0.859. The van der Waals surface area contributed by atoms with Crippen molar-refractivity contribution in [2.24, 2.45) is 0 Å². The minimum Gasteiger partial charge on any atom is -0.496 e. The molecule has 12 heavy (non-hydrogen) atoms. The van der Waals surface area contributed by atoms with Gasteiger partial charge in [-0.05, 0) is 42.4 Å². The van der Waals surface area contributed by atoms with Crippen LogP contribution in [-0.2, 0) is 0 Å². The lowest BCUT2D eigenvalue weighted by atomic mass is 10.2. The van der Waals surface area contributed by atoms with Gasteiger partial charge in [-0.25, -0.2) is 0 Å². The van der Waals surface area contributed by atoms with Crippen LogP contribution in [-0.4, -0.2) is 7.11 Å². The van der Waals surface area contributed by atoms with Crippen LogP contribution in [0, 0.1) is 17.6 Å². The number of benzene rings is 1. The first kappa shape index (κ1) is 8.95. The fourth-order valence-electron chi connectivity index (χ4n) is 0.967. The van der Waals surface area contributed by atoms with Gasteiger partial charge >= 0.3 is 0 Å². The van der Waals surface area contributed by atoms with Gasteiger partial charge in [-0.15, -0.1) is 0 Å². The quantitative estimate of drug-likeness (QED) is 0.516. The molecule has 1 aromatic rings. The Morgan fingerprint density at radius 2 is 2.25 bits per heavy atom. The van der Waals surface area contributed by atoms with E-state index in [2.05, 4.69) is 0 Å². The molecular formula is C9H9NOS. The third-order valence-electron chi connectivity index (χ3n) is 1.53. The van der Waals surface area contributed by atoms with Gasteiger partial charge in [0.15, 0.2) is 0 Å². The van der Waals surface area contributed by atoms with Crippen molar-refractivity contribution < 1.29 is 4.74 Å². The van der Waals surface area contributed by atoms with Crippen molar-refractivity contribution in [1.29, 1.82) is 5.26 Å². The number of thioether (sulfide) groups is 1. The minimum atomic E-state index is 0.859. The van der Waals surface area contributed by atoms with Crippen LogP contribution in [0.1, 0.15) is 5.56 Å². The van der Waals surface area contributed by atoms with Crippen LogP contribution in [0.2, 0.25) is 0 Å². The third-order valence-corrected chi connectivity index (χ3v) is 2.11. The zero-order valence-electron chi connectivity index (χ0n) is 7.00. The molecule has 0 spiro atoms. The highest BCUT2D eigenvalue weighted by Crippen LogP contribution is 2.24. The number of nitriles is 1. The molecule has 0 aromatic heterocycles. The molecule has 0 unspecified atom stereocenters. The van der Waals surface area contributed by atoms with E-state index < -0.39 is 0 Å². The Labute approximate surface area is 76.2 Å². The standard InChI is InChI=1S/C9H9NOS/c1-7-5-8(12-6-10)3-4-9(7)11-2/h3-5H,1-2H3. The van der Waals surface area contributed by atoms with Crippen LogP contribution in [0.15, 0.2) is 23.1 Å². The monoisotopic (exact) mass is 179 g/mol. The van der Waals surface area contributed by atoms with Crippen molar-refractivity contribution in [3.8, 4) is 11.2 Å². The maximum absolute atomic E-state index is 8.42. The van der Waals surface area contributed by atoms with Gasteiger partial charge < -0.3 is 4.74 Å². The number of hydrogen-bond donors (Lipinski definition) is 0. The first-order chi connectivity index (χ1) is 5.77. The van der Waals surface area contributed by atoms with Crippen molar-refractivity contribution in [3.63, 3.8) is 0 Å². The van der Waals surface area contributed by atoms with E-state index in [9.17, 15) is 0 Å². The molecule has 0 aliphatic heterocycles. The van der Waals surface area contributed by atoms with Crippen LogP contribution in [0.25, 0.3) is 0 Å². The zero-order chi connectivity index (χ0) is 8.97. The Morgan fingerprint density at radius 1 is 1.50 bits per heavy atom. The van der Waals surface area contributed by atoms with Crippen LogP contribution in [0.5, 0.6) is 5.75 Å². The largest absolute Gasteiger partial charge is 0.496 e. The van der Waals surface area contributed by atoms with E-state index in [1.54, 1.807) is 7.11 Å². The maximum atomic E-state index is 8.42. The van der Waals surface area contributed by atoms with Gasteiger partial charge in [0.05, 0.1) is 7.11 Å². The van der Waals surface area contributed by atoms with Crippen LogP contribution < -0.4 is 4.74 Å². The Kier molecular flexibility index (Phi) is 3.01.